The number of aromatic nitrogens is 1. The van der Waals surface area contributed by atoms with E-state index in [2.05, 4.69) is 32.8 Å². The molecule has 1 aromatic heterocycles. The SMILES string of the molecule is c1cc(CCNCCN2CCNCC2)c[nH]1. The highest BCUT2D eigenvalue weighted by molar-refractivity contribution is 5.08. The van der Waals surface area contributed by atoms with Crippen molar-refractivity contribution in [2.24, 2.45) is 0 Å². The first-order valence-electron chi connectivity index (χ1n) is 6.20. The van der Waals surface area contributed by atoms with Gasteiger partial charge >= 0.3 is 0 Å². The lowest BCUT2D eigenvalue weighted by molar-refractivity contribution is 0.241. The van der Waals surface area contributed by atoms with Crippen LogP contribution < -0.4 is 10.6 Å². The van der Waals surface area contributed by atoms with Crippen molar-refractivity contribution in [3.8, 4) is 0 Å². The second-order valence-electron chi connectivity index (χ2n) is 4.31. The Labute approximate surface area is 97.4 Å². The van der Waals surface area contributed by atoms with Crippen LogP contribution in [0.5, 0.6) is 0 Å². The molecule has 16 heavy (non-hydrogen) atoms. The number of piperazine rings is 1. The monoisotopic (exact) mass is 222 g/mol. The molecule has 1 aliphatic heterocycles. The molecular weight excluding hydrogens is 200 g/mol. The van der Waals surface area contributed by atoms with Crippen molar-refractivity contribution in [3.05, 3.63) is 24.0 Å². The molecule has 4 heteroatoms. The van der Waals surface area contributed by atoms with E-state index < -0.39 is 0 Å². The van der Waals surface area contributed by atoms with E-state index >= 15 is 0 Å². The number of nitrogens with zero attached hydrogens (tertiary/aromatic N) is 1. The van der Waals surface area contributed by atoms with Gasteiger partial charge in [0.15, 0.2) is 0 Å². The van der Waals surface area contributed by atoms with Crippen LogP contribution in [0.3, 0.4) is 0 Å². The molecule has 0 atom stereocenters. The summed E-state index contributed by atoms with van der Waals surface area (Å²) in [5.74, 6) is 0. The largest absolute Gasteiger partial charge is 0.367 e. The molecule has 1 saturated heterocycles. The van der Waals surface area contributed by atoms with Gasteiger partial charge in [0.25, 0.3) is 0 Å². The molecular formula is C12H22N4. The minimum Gasteiger partial charge on any atom is -0.367 e. The first-order chi connectivity index (χ1) is 7.95. The molecule has 0 saturated carbocycles. The Bertz CT molecular complexity index is 265. The Morgan fingerprint density at radius 2 is 2.12 bits per heavy atom. The summed E-state index contributed by atoms with van der Waals surface area (Å²) < 4.78 is 0. The lowest BCUT2D eigenvalue weighted by Gasteiger charge is -2.27. The van der Waals surface area contributed by atoms with Gasteiger partial charge in [-0.3, -0.25) is 4.90 Å². The van der Waals surface area contributed by atoms with Gasteiger partial charge in [0.05, 0.1) is 0 Å². The average Bonchev–Trinajstić information content (AvgIpc) is 2.83. The van der Waals surface area contributed by atoms with Crippen LogP contribution in [0, 0.1) is 0 Å². The number of hydrogen-bond donors (Lipinski definition) is 3. The number of rotatable bonds is 6. The fourth-order valence-corrected chi connectivity index (χ4v) is 2.04. The van der Waals surface area contributed by atoms with Crippen LogP contribution in [0.2, 0.25) is 0 Å². The Balaban J connectivity index is 1.48. The van der Waals surface area contributed by atoms with Gasteiger partial charge in [-0.25, -0.2) is 0 Å². The van der Waals surface area contributed by atoms with Gasteiger partial charge in [-0.15, -0.1) is 0 Å². The molecule has 3 N–H and O–H groups in total. The molecule has 0 bridgehead atoms. The highest BCUT2D eigenvalue weighted by Gasteiger charge is 2.07. The average molecular weight is 222 g/mol. The van der Waals surface area contributed by atoms with Crippen LogP contribution in [-0.2, 0) is 6.42 Å². The number of H-pyrrole nitrogens is 1. The van der Waals surface area contributed by atoms with E-state index in [-0.39, 0.29) is 0 Å². The van der Waals surface area contributed by atoms with Crippen molar-refractivity contribution in [3.63, 3.8) is 0 Å². The quantitative estimate of drug-likeness (QED) is 0.596. The summed E-state index contributed by atoms with van der Waals surface area (Å²) in [5.41, 5.74) is 1.38. The van der Waals surface area contributed by atoms with E-state index in [0.29, 0.717) is 0 Å². The Morgan fingerprint density at radius 1 is 1.25 bits per heavy atom. The van der Waals surface area contributed by atoms with Crippen LogP contribution >= 0.6 is 0 Å². The first-order valence-corrected chi connectivity index (χ1v) is 6.20. The summed E-state index contributed by atoms with van der Waals surface area (Å²) >= 11 is 0. The smallest absolute Gasteiger partial charge is 0.0108 e. The maximum atomic E-state index is 3.50. The summed E-state index contributed by atoms with van der Waals surface area (Å²) in [6, 6.07) is 2.14. The first kappa shape index (κ1) is 11.6. The van der Waals surface area contributed by atoms with Crippen LogP contribution in [0.15, 0.2) is 18.5 Å². The lowest BCUT2D eigenvalue weighted by atomic mass is 10.2. The van der Waals surface area contributed by atoms with E-state index in [4.69, 9.17) is 0 Å². The Hall–Kier alpha value is -0.840. The molecule has 0 amide bonds. The zero-order valence-electron chi connectivity index (χ0n) is 9.84. The fourth-order valence-electron chi connectivity index (χ4n) is 2.04. The van der Waals surface area contributed by atoms with Crippen molar-refractivity contribution in [1.29, 1.82) is 0 Å². The molecule has 2 rings (SSSR count). The van der Waals surface area contributed by atoms with Crippen molar-refractivity contribution >= 4 is 0 Å². The third-order valence-corrected chi connectivity index (χ3v) is 3.07. The zero-order chi connectivity index (χ0) is 11.1. The third kappa shape index (κ3) is 3.96. The number of hydrogen-bond acceptors (Lipinski definition) is 3. The topological polar surface area (TPSA) is 43.1 Å². The molecule has 0 aliphatic carbocycles. The summed E-state index contributed by atoms with van der Waals surface area (Å²) in [5, 5.41) is 6.86. The van der Waals surface area contributed by atoms with E-state index in [1.54, 1.807) is 0 Å². The standard InChI is InChI=1S/C12H22N4/c1(12-2-4-15-11-12)3-13-5-8-16-9-6-14-7-10-16/h2,4,11,13-15H,1,3,5-10H2. The van der Waals surface area contributed by atoms with Gasteiger partial charge < -0.3 is 15.6 Å². The van der Waals surface area contributed by atoms with Gasteiger partial charge in [0, 0.05) is 51.7 Å². The molecule has 0 aromatic carbocycles. The van der Waals surface area contributed by atoms with Crippen LogP contribution in [0.25, 0.3) is 0 Å². The summed E-state index contributed by atoms with van der Waals surface area (Å²) in [7, 11) is 0. The summed E-state index contributed by atoms with van der Waals surface area (Å²) in [6.07, 6.45) is 5.17. The second kappa shape index (κ2) is 6.68. The second-order valence-corrected chi connectivity index (χ2v) is 4.31. The van der Waals surface area contributed by atoms with Gasteiger partial charge in [0.2, 0.25) is 0 Å². The van der Waals surface area contributed by atoms with Gasteiger partial charge in [-0.2, -0.15) is 0 Å². The molecule has 0 unspecified atom stereocenters. The Morgan fingerprint density at radius 3 is 2.88 bits per heavy atom. The van der Waals surface area contributed by atoms with Crippen LogP contribution in [0.1, 0.15) is 5.56 Å². The molecule has 4 nitrogen and oxygen atoms in total. The summed E-state index contributed by atoms with van der Waals surface area (Å²) in [6.45, 7) is 8.02. The molecule has 0 spiro atoms. The normalized spacial score (nSPS) is 17.8. The molecule has 2 heterocycles. The summed E-state index contributed by atoms with van der Waals surface area (Å²) in [4.78, 5) is 5.59. The molecule has 0 radical (unpaired) electrons. The highest BCUT2D eigenvalue weighted by atomic mass is 15.2. The van der Waals surface area contributed by atoms with E-state index in [1.807, 2.05) is 6.20 Å². The van der Waals surface area contributed by atoms with Crippen LogP contribution in [-0.4, -0.2) is 55.7 Å². The maximum Gasteiger partial charge on any atom is 0.0108 e. The van der Waals surface area contributed by atoms with E-state index in [9.17, 15) is 0 Å². The van der Waals surface area contributed by atoms with E-state index in [0.717, 1.165) is 32.6 Å². The predicted octanol–water partition coefficient (Wildman–Crippen LogP) is 0.0520. The number of nitrogens with one attached hydrogen (secondary N) is 3. The molecule has 90 valence electrons. The van der Waals surface area contributed by atoms with Gasteiger partial charge in [-0.1, -0.05) is 0 Å². The van der Waals surface area contributed by atoms with Gasteiger partial charge in [0.1, 0.15) is 0 Å². The minimum atomic E-state index is 1.07. The van der Waals surface area contributed by atoms with Crippen LogP contribution in [0.4, 0.5) is 0 Å². The lowest BCUT2D eigenvalue weighted by Crippen LogP contribution is -2.45. The van der Waals surface area contributed by atoms with Gasteiger partial charge in [-0.05, 0) is 24.6 Å². The molecule has 1 aliphatic rings. The minimum absolute atomic E-state index is 1.07. The van der Waals surface area contributed by atoms with E-state index in [1.165, 1.54) is 25.2 Å². The van der Waals surface area contributed by atoms with Crippen molar-refractivity contribution in [2.45, 2.75) is 6.42 Å². The zero-order valence-corrected chi connectivity index (χ0v) is 9.84. The van der Waals surface area contributed by atoms with Crippen molar-refractivity contribution in [2.75, 3.05) is 45.8 Å². The highest BCUT2D eigenvalue weighted by Crippen LogP contribution is 1.96. The molecule has 1 aromatic rings. The van der Waals surface area contributed by atoms with Crippen molar-refractivity contribution in [1.82, 2.24) is 20.5 Å². The predicted molar refractivity (Wildman–Crippen MR) is 66.7 cm³/mol. The fraction of sp³-hybridized carbons (Fsp3) is 0.667. The Kier molecular flexibility index (Phi) is 4.86. The maximum absolute atomic E-state index is 3.50. The van der Waals surface area contributed by atoms with Crippen molar-refractivity contribution < 1.29 is 0 Å². The third-order valence-electron chi connectivity index (χ3n) is 3.07. The number of aromatic amines is 1. The molecule has 1 fully saturated rings.